The second-order valence-electron chi connectivity index (χ2n) is 7.23. The normalized spacial score (nSPS) is 18.9. The number of nitrogens with zero attached hydrogens (tertiary/aromatic N) is 3. The minimum absolute atomic E-state index is 0.132. The van der Waals surface area contributed by atoms with Crippen LogP contribution >= 0.6 is 0 Å². The lowest BCUT2D eigenvalue weighted by atomic mass is 9.80. The Morgan fingerprint density at radius 1 is 1.19 bits per heavy atom. The molecule has 1 aromatic heterocycles. The number of amides is 2. The Morgan fingerprint density at radius 2 is 1.96 bits per heavy atom. The molecular formula is C20H25N5O2. The Morgan fingerprint density at radius 3 is 2.59 bits per heavy atom. The molecule has 0 spiro atoms. The van der Waals surface area contributed by atoms with Gasteiger partial charge >= 0.3 is 0 Å². The molecule has 0 saturated heterocycles. The molecule has 142 valence electrons. The highest BCUT2D eigenvalue weighted by Crippen LogP contribution is 2.36. The van der Waals surface area contributed by atoms with Crippen molar-refractivity contribution < 1.29 is 9.59 Å². The summed E-state index contributed by atoms with van der Waals surface area (Å²) in [6, 6.07) is 3.41. The maximum absolute atomic E-state index is 13.0. The fraction of sp³-hybridized carbons (Fsp3) is 0.550. The monoisotopic (exact) mass is 367 g/mol. The highest BCUT2D eigenvalue weighted by Gasteiger charge is 2.42. The van der Waals surface area contributed by atoms with E-state index in [0.717, 1.165) is 19.3 Å². The smallest absolute Gasteiger partial charge is 0.253 e. The van der Waals surface area contributed by atoms with Crippen molar-refractivity contribution in [3.8, 4) is 12.3 Å². The SMILES string of the molecule is C#CCCC1(CCNC(=O)C2(NC(=O)c3cccnc3)CCCCC2)N=N1. The Hall–Kier alpha value is -2.75. The van der Waals surface area contributed by atoms with Gasteiger partial charge in [0.25, 0.3) is 5.91 Å². The zero-order valence-electron chi connectivity index (χ0n) is 15.4. The van der Waals surface area contributed by atoms with Gasteiger partial charge in [0.15, 0.2) is 5.66 Å². The van der Waals surface area contributed by atoms with E-state index in [1.54, 1.807) is 18.3 Å². The Kier molecular flexibility index (Phi) is 5.84. The van der Waals surface area contributed by atoms with Crippen LogP contribution in [0.1, 0.15) is 61.7 Å². The highest BCUT2D eigenvalue weighted by atomic mass is 16.2. The molecule has 0 unspecified atom stereocenters. The van der Waals surface area contributed by atoms with Crippen molar-refractivity contribution in [3.05, 3.63) is 30.1 Å². The van der Waals surface area contributed by atoms with Crippen molar-refractivity contribution in [2.24, 2.45) is 10.2 Å². The molecule has 7 heteroatoms. The van der Waals surface area contributed by atoms with Crippen LogP contribution in [0.15, 0.2) is 34.8 Å². The third-order valence-electron chi connectivity index (χ3n) is 5.28. The number of aromatic nitrogens is 1. The first-order chi connectivity index (χ1) is 13.1. The van der Waals surface area contributed by atoms with Crippen molar-refractivity contribution in [3.63, 3.8) is 0 Å². The fourth-order valence-electron chi connectivity index (χ4n) is 3.56. The zero-order chi connectivity index (χ0) is 19.2. The van der Waals surface area contributed by atoms with E-state index in [4.69, 9.17) is 6.42 Å². The van der Waals surface area contributed by atoms with Crippen LogP contribution in [0.2, 0.25) is 0 Å². The molecular weight excluding hydrogens is 342 g/mol. The topological polar surface area (TPSA) is 95.8 Å². The van der Waals surface area contributed by atoms with Crippen molar-refractivity contribution in [1.29, 1.82) is 0 Å². The Labute approximate surface area is 159 Å². The lowest BCUT2D eigenvalue weighted by molar-refractivity contribution is -0.128. The Balaban J connectivity index is 1.59. The standard InChI is InChI=1S/C20H25N5O2/c1-2-3-11-20(24-25-20)12-14-22-18(27)19(9-5-4-6-10-19)23-17(26)16-8-7-13-21-15-16/h1,7-8,13,15H,3-6,9-12,14H2,(H,22,27)(H,23,26). The van der Waals surface area contributed by atoms with Crippen LogP contribution in [-0.2, 0) is 4.79 Å². The minimum Gasteiger partial charge on any atom is -0.354 e. The van der Waals surface area contributed by atoms with Gasteiger partial charge in [-0.25, -0.2) is 0 Å². The fourth-order valence-corrected chi connectivity index (χ4v) is 3.56. The molecule has 1 aromatic rings. The third kappa shape index (κ3) is 4.70. The molecule has 3 rings (SSSR count). The molecule has 2 N–H and O–H groups in total. The zero-order valence-corrected chi connectivity index (χ0v) is 15.4. The van der Waals surface area contributed by atoms with E-state index in [1.165, 1.54) is 6.20 Å². The highest BCUT2D eigenvalue weighted by molar-refractivity contribution is 5.99. The molecule has 27 heavy (non-hydrogen) atoms. The van der Waals surface area contributed by atoms with E-state index in [0.29, 0.717) is 44.2 Å². The van der Waals surface area contributed by atoms with Crippen molar-refractivity contribution in [2.75, 3.05) is 6.54 Å². The van der Waals surface area contributed by atoms with Crippen molar-refractivity contribution in [1.82, 2.24) is 15.6 Å². The number of terminal acetylenes is 1. The van der Waals surface area contributed by atoms with E-state index in [-0.39, 0.29) is 11.8 Å². The quantitative estimate of drug-likeness (QED) is 0.691. The van der Waals surface area contributed by atoms with E-state index in [9.17, 15) is 9.59 Å². The Bertz CT molecular complexity index is 741. The van der Waals surface area contributed by atoms with Gasteiger partial charge in [0, 0.05) is 38.2 Å². The molecule has 1 aliphatic carbocycles. The molecule has 2 heterocycles. The van der Waals surface area contributed by atoms with Crippen LogP contribution < -0.4 is 10.6 Å². The summed E-state index contributed by atoms with van der Waals surface area (Å²) < 4.78 is 0. The van der Waals surface area contributed by atoms with Crippen LogP contribution in [0, 0.1) is 12.3 Å². The summed E-state index contributed by atoms with van der Waals surface area (Å²) in [4.78, 5) is 29.6. The summed E-state index contributed by atoms with van der Waals surface area (Å²) in [6.45, 7) is 0.459. The molecule has 0 aromatic carbocycles. The molecule has 1 saturated carbocycles. The lowest BCUT2D eigenvalue weighted by Gasteiger charge is -2.36. The molecule has 2 aliphatic rings. The maximum atomic E-state index is 13.0. The molecule has 1 aliphatic heterocycles. The summed E-state index contributed by atoms with van der Waals surface area (Å²) in [5, 5.41) is 14.1. The summed E-state index contributed by atoms with van der Waals surface area (Å²) >= 11 is 0. The first-order valence-electron chi connectivity index (χ1n) is 9.48. The second-order valence-corrected chi connectivity index (χ2v) is 7.23. The first kappa shape index (κ1) is 19.0. The van der Waals surface area contributed by atoms with Crippen LogP contribution in [0.25, 0.3) is 0 Å². The van der Waals surface area contributed by atoms with Crippen LogP contribution in [0.4, 0.5) is 0 Å². The minimum atomic E-state index is -0.866. The molecule has 0 radical (unpaired) electrons. The number of carbonyl (C=O) groups is 2. The van der Waals surface area contributed by atoms with Gasteiger partial charge in [-0.3, -0.25) is 14.6 Å². The first-order valence-corrected chi connectivity index (χ1v) is 9.48. The number of pyridine rings is 1. The predicted octanol–water partition coefficient (Wildman–Crippen LogP) is 2.60. The predicted molar refractivity (Wildman–Crippen MR) is 101 cm³/mol. The van der Waals surface area contributed by atoms with Crippen LogP contribution in [0.5, 0.6) is 0 Å². The lowest BCUT2D eigenvalue weighted by Crippen LogP contribution is -2.60. The van der Waals surface area contributed by atoms with E-state index >= 15 is 0 Å². The average molecular weight is 367 g/mol. The molecule has 2 amide bonds. The van der Waals surface area contributed by atoms with Crippen molar-refractivity contribution >= 4 is 11.8 Å². The molecule has 0 bridgehead atoms. The second kappa shape index (κ2) is 8.30. The molecule has 7 nitrogen and oxygen atoms in total. The number of hydrogen-bond donors (Lipinski definition) is 2. The maximum Gasteiger partial charge on any atom is 0.253 e. The van der Waals surface area contributed by atoms with Gasteiger partial charge in [-0.05, 0) is 25.0 Å². The third-order valence-corrected chi connectivity index (χ3v) is 5.28. The summed E-state index contributed by atoms with van der Waals surface area (Å²) in [5.74, 6) is 2.20. The van der Waals surface area contributed by atoms with Gasteiger partial charge in [0.05, 0.1) is 5.56 Å². The number of nitrogens with one attached hydrogen (secondary N) is 2. The summed E-state index contributed by atoms with van der Waals surface area (Å²) in [6.07, 6.45) is 14.6. The summed E-state index contributed by atoms with van der Waals surface area (Å²) in [5.41, 5.74) is -0.827. The van der Waals surface area contributed by atoms with Gasteiger partial charge in [-0.2, -0.15) is 10.2 Å². The van der Waals surface area contributed by atoms with Gasteiger partial charge in [-0.1, -0.05) is 19.3 Å². The molecule has 1 fully saturated rings. The largest absolute Gasteiger partial charge is 0.354 e. The van der Waals surface area contributed by atoms with Gasteiger partial charge < -0.3 is 10.6 Å². The van der Waals surface area contributed by atoms with E-state index in [2.05, 4.69) is 31.8 Å². The van der Waals surface area contributed by atoms with Gasteiger partial charge in [-0.15, -0.1) is 12.3 Å². The van der Waals surface area contributed by atoms with E-state index in [1.807, 2.05) is 0 Å². The number of hydrogen-bond acceptors (Lipinski definition) is 5. The van der Waals surface area contributed by atoms with E-state index < -0.39 is 11.2 Å². The van der Waals surface area contributed by atoms with Crippen molar-refractivity contribution in [2.45, 2.75) is 62.6 Å². The van der Waals surface area contributed by atoms with Gasteiger partial charge in [0.2, 0.25) is 5.91 Å². The van der Waals surface area contributed by atoms with Gasteiger partial charge in [0.1, 0.15) is 5.54 Å². The summed E-state index contributed by atoms with van der Waals surface area (Å²) in [7, 11) is 0. The van der Waals surface area contributed by atoms with Crippen LogP contribution in [0.3, 0.4) is 0 Å². The average Bonchev–Trinajstić information content (AvgIpc) is 3.47. The number of carbonyl (C=O) groups excluding carboxylic acids is 2. The number of rotatable bonds is 8. The van der Waals surface area contributed by atoms with Crippen LogP contribution in [-0.4, -0.2) is 34.5 Å². The molecule has 0 atom stereocenters.